The van der Waals surface area contributed by atoms with Crippen LogP contribution in [0.1, 0.15) is 19.2 Å². The molecule has 112 valence electrons. The second-order valence-corrected chi connectivity index (χ2v) is 5.11. The zero-order valence-electron chi connectivity index (χ0n) is 11.5. The van der Waals surface area contributed by atoms with Crippen LogP contribution in [0.5, 0.6) is 0 Å². The van der Waals surface area contributed by atoms with E-state index in [1.165, 1.54) is 0 Å². The highest BCUT2D eigenvalue weighted by molar-refractivity contribution is 6.30. The average Bonchev–Trinajstić information content (AvgIpc) is 2.92. The molecule has 0 aliphatic carbocycles. The normalized spacial score (nSPS) is 12.1. The minimum absolute atomic E-state index is 0.165. The molecule has 1 unspecified atom stereocenters. The number of carbonyl (C=O) groups is 1. The molecule has 2 N–H and O–H groups in total. The van der Waals surface area contributed by atoms with Crippen LogP contribution in [-0.2, 0) is 11.2 Å². The van der Waals surface area contributed by atoms with Gasteiger partial charge in [0.25, 0.3) is 0 Å². The Morgan fingerprint density at radius 2 is 2.14 bits per heavy atom. The maximum absolute atomic E-state index is 11.5. The number of halogens is 1. The van der Waals surface area contributed by atoms with Crippen LogP contribution in [0.2, 0.25) is 5.02 Å². The zero-order chi connectivity index (χ0) is 15.2. The van der Waals surface area contributed by atoms with Gasteiger partial charge in [-0.1, -0.05) is 16.8 Å². The first-order chi connectivity index (χ1) is 10.0. The fourth-order valence-electron chi connectivity index (χ4n) is 1.64. The van der Waals surface area contributed by atoms with E-state index in [0.29, 0.717) is 23.2 Å². The minimum atomic E-state index is -0.561. The van der Waals surface area contributed by atoms with E-state index in [1.54, 1.807) is 31.2 Å². The maximum Gasteiger partial charge on any atom is 0.227 e. The summed E-state index contributed by atoms with van der Waals surface area (Å²) in [6, 6.07) is 7.09. The van der Waals surface area contributed by atoms with Crippen LogP contribution < -0.4 is 5.32 Å². The number of hydrogen-bond acceptors (Lipinski definition) is 5. The van der Waals surface area contributed by atoms with Crippen LogP contribution in [-0.4, -0.2) is 33.8 Å². The molecule has 0 radical (unpaired) electrons. The molecule has 2 aromatic rings. The smallest absolute Gasteiger partial charge is 0.227 e. The summed E-state index contributed by atoms with van der Waals surface area (Å²) in [6.45, 7) is 1.84. The van der Waals surface area contributed by atoms with E-state index >= 15 is 0 Å². The lowest BCUT2D eigenvalue weighted by Crippen LogP contribution is -2.30. The van der Waals surface area contributed by atoms with E-state index in [2.05, 4.69) is 15.5 Å². The molecule has 7 heteroatoms. The Morgan fingerprint density at radius 1 is 1.43 bits per heavy atom. The van der Waals surface area contributed by atoms with Crippen molar-refractivity contribution in [2.75, 3.05) is 6.54 Å². The van der Waals surface area contributed by atoms with Crippen LogP contribution in [0.3, 0.4) is 0 Å². The van der Waals surface area contributed by atoms with Gasteiger partial charge in [-0.25, -0.2) is 0 Å². The van der Waals surface area contributed by atoms with Gasteiger partial charge >= 0.3 is 0 Å². The van der Waals surface area contributed by atoms with Crippen molar-refractivity contribution in [3.05, 3.63) is 35.2 Å². The molecule has 0 aliphatic rings. The van der Waals surface area contributed by atoms with Gasteiger partial charge in [0.05, 0.1) is 6.10 Å². The summed E-state index contributed by atoms with van der Waals surface area (Å²) in [4.78, 5) is 15.7. The van der Waals surface area contributed by atoms with E-state index in [9.17, 15) is 4.79 Å². The van der Waals surface area contributed by atoms with Gasteiger partial charge in [-0.2, -0.15) is 4.98 Å². The number of rotatable bonds is 6. The molecule has 1 atom stereocenters. The Balaban J connectivity index is 1.88. The highest BCUT2D eigenvalue weighted by Crippen LogP contribution is 2.18. The molecule has 0 spiro atoms. The van der Waals surface area contributed by atoms with Crippen molar-refractivity contribution in [3.63, 3.8) is 0 Å². The average molecular weight is 310 g/mol. The molecule has 1 aromatic heterocycles. The van der Waals surface area contributed by atoms with Gasteiger partial charge in [0.2, 0.25) is 17.6 Å². The molecule has 0 bridgehead atoms. The molecular weight excluding hydrogens is 294 g/mol. The highest BCUT2D eigenvalue weighted by Gasteiger charge is 2.11. The van der Waals surface area contributed by atoms with E-state index in [4.69, 9.17) is 21.2 Å². The predicted octanol–water partition coefficient (Wildman–Crippen LogP) is 1.82. The summed E-state index contributed by atoms with van der Waals surface area (Å²) >= 11 is 5.81. The van der Waals surface area contributed by atoms with Gasteiger partial charge < -0.3 is 14.9 Å². The number of aliphatic hydroxyl groups excluding tert-OH is 1. The Hall–Kier alpha value is -1.92. The topological polar surface area (TPSA) is 88.2 Å². The van der Waals surface area contributed by atoms with E-state index in [-0.39, 0.29) is 18.9 Å². The van der Waals surface area contributed by atoms with Crippen molar-refractivity contribution in [3.8, 4) is 11.4 Å². The molecule has 0 fully saturated rings. The Bertz CT molecular complexity index is 596. The number of benzene rings is 1. The second kappa shape index (κ2) is 7.19. The summed E-state index contributed by atoms with van der Waals surface area (Å²) < 4.78 is 5.10. The van der Waals surface area contributed by atoms with E-state index < -0.39 is 6.10 Å². The summed E-state index contributed by atoms with van der Waals surface area (Å²) in [7, 11) is 0. The first kappa shape index (κ1) is 15.5. The number of aromatic nitrogens is 2. The summed E-state index contributed by atoms with van der Waals surface area (Å²) in [6.07, 6.45) is 0.0233. The Kier molecular flexibility index (Phi) is 5.30. The Labute approximate surface area is 127 Å². The summed E-state index contributed by atoms with van der Waals surface area (Å²) in [5.74, 6) is 0.695. The van der Waals surface area contributed by atoms with Crippen LogP contribution in [0, 0.1) is 0 Å². The number of carbonyl (C=O) groups excluding carboxylic acids is 1. The molecule has 1 aromatic carbocycles. The predicted molar refractivity (Wildman–Crippen MR) is 77.8 cm³/mol. The molecule has 1 amide bonds. The number of amides is 1. The maximum atomic E-state index is 11.5. The molecule has 21 heavy (non-hydrogen) atoms. The van der Waals surface area contributed by atoms with E-state index in [1.807, 2.05) is 0 Å². The first-order valence-corrected chi connectivity index (χ1v) is 6.95. The number of nitrogens with zero attached hydrogens (tertiary/aromatic N) is 2. The monoisotopic (exact) mass is 309 g/mol. The van der Waals surface area contributed by atoms with Gasteiger partial charge in [-0.15, -0.1) is 0 Å². The summed E-state index contributed by atoms with van der Waals surface area (Å²) in [5, 5.41) is 16.2. The quantitative estimate of drug-likeness (QED) is 0.849. The van der Waals surface area contributed by atoms with Gasteiger partial charge in [-0.3, -0.25) is 4.79 Å². The number of aryl methyl sites for hydroxylation is 1. The van der Waals surface area contributed by atoms with Crippen LogP contribution >= 0.6 is 11.6 Å². The number of aliphatic hydroxyl groups is 1. The zero-order valence-corrected chi connectivity index (χ0v) is 12.3. The molecule has 6 nitrogen and oxygen atoms in total. The van der Waals surface area contributed by atoms with Gasteiger partial charge in [0.1, 0.15) is 0 Å². The molecule has 1 heterocycles. The molecule has 0 aliphatic heterocycles. The minimum Gasteiger partial charge on any atom is -0.392 e. The van der Waals surface area contributed by atoms with Gasteiger partial charge in [0, 0.05) is 30.0 Å². The van der Waals surface area contributed by atoms with E-state index in [0.717, 1.165) is 5.56 Å². The third kappa shape index (κ3) is 4.84. The molecular formula is C14H16ClN3O3. The summed E-state index contributed by atoms with van der Waals surface area (Å²) in [5.41, 5.74) is 0.799. The third-order valence-electron chi connectivity index (χ3n) is 2.73. The van der Waals surface area contributed by atoms with Crippen molar-refractivity contribution < 1.29 is 14.4 Å². The number of nitrogens with one attached hydrogen (secondary N) is 1. The Morgan fingerprint density at radius 3 is 2.81 bits per heavy atom. The fraction of sp³-hybridized carbons (Fsp3) is 0.357. The molecule has 0 saturated carbocycles. The first-order valence-electron chi connectivity index (χ1n) is 6.58. The van der Waals surface area contributed by atoms with Gasteiger partial charge in [0.15, 0.2) is 0 Å². The second-order valence-electron chi connectivity index (χ2n) is 4.67. The van der Waals surface area contributed by atoms with Crippen LogP contribution in [0.4, 0.5) is 0 Å². The van der Waals surface area contributed by atoms with Crippen molar-refractivity contribution in [1.29, 1.82) is 0 Å². The third-order valence-corrected chi connectivity index (χ3v) is 2.98. The van der Waals surface area contributed by atoms with Crippen molar-refractivity contribution in [2.45, 2.75) is 25.9 Å². The SMILES string of the molecule is CC(O)CNC(=O)CCc1nc(-c2ccc(Cl)cc2)no1. The van der Waals surface area contributed by atoms with Crippen molar-refractivity contribution in [2.24, 2.45) is 0 Å². The lowest BCUT2D eigenvalue weighted by atomic mass is 10.2. The lowest BCUT2D eigenvalue weighted by molar-refractivity contribution is -0.121. The van der Waals surface area contributed by atoms with Crippen molar-refractivity contribution in [1.82, 2.24) is 15.5 Å². The largest absolute Gasteiger partial charge is 0.392 e. The van der Waals surface area contributed by atoms with Crippen LogP contribution in [0.15, 0.2) is 28.8 Å². The van der Waals surface area contributed by atoms with Crippen LogP contribution in [0.25, 0.3) is 11.4 Å². The fourth-order valence-corrected chi connectivity index (χ4v) is 1.77. The van der Waals surface area contributed by atoms with Crippen molar-refractivity contribution >= 4 is 17.5 Å². The van der Waals surface area contributed by atoms with Gasteiger partial charge in [-0.05, 0) is 31.2 Å². The standard InChI is InChI=1S/C14H16ClN3O3/c1-9(19)8-16-12(20)6-7-13-17-14(18-21-13)10-2-4-11(15)5-3-10/h2-5,9,19H,6-8H2,1H3,(H,16,20). The molecule has 2 rings (SSSR count). The molecule has 0 saturated heterocycles. The number of hydrogen-bond donors (Lipinski definition) is 2. The highest BCUT2D eigenvalue weighted by atomic mass is 35.5. The lowest BCUT2D eigenvalue weighted by Gasteiger charge is -2.05.